The van der Waals surface area contributed by atoms with Gasteiger partial charge in [-0.2, -0.15) is 0 Å². The van der Waals surface area contributed by atoms with E-state index in [9.17, 15) is 4.79 Å². The minimum absolute atomic E-state index is 0.117. The number of hydrogen-bond donors (Lipinski definition) is 1. The Labute approximate surface area is 163 Å². The zero-order valence-corrected chi connectivity index (χ0v) is 16.8. The predicted octanol–water partition coefficient (Wildman–Crippen LogP) is 5.27. The lowest BCUT2D eigenvalue weighted by Gasteiger charge is -2.19. The molecule has 2 atom stereocenters. The summed E-state index contributed by atoms with van der Waals surface area (Å²) in [6.45, 7) is 7.77. The summed E-state index contributed by atoms with van der Waals surface area (Å²) in [4.78, 5) is 12.6. The summed E-state index contributed by atoms with van der Waals surface area (Å²) in [6.07, 6.45) is 4.55. The Balaban J connectivity index is 1.32. The minimum Gasteiger partial charge on any atom is -0.313 e. The van der Waals surface area contributed by atoms with E-state index in [2.05, 4.69) is 62.5 Å². The summed E-state index contributed by atoms with van der Waals surface area (Å²) in [6, 6.07) is 17.5. The van der Waals surface area contributed by atoms with Gasteiger partial charge in [0.15, 0.2) is 5.78 Å². The van der Waals surface area contributed by atoms with Gasteiger partial charge in [-0.05, 0) is 53.8 Å². The van der Waals surface area contributed by atoms with Gasteiger partial charge in [-0.1, -0.05) is 69.3 Å². The maximum atomic E-state index is 12.6. The highest BCUT2D eigenvalue weighted by Gasteiger charge is 2.38. The summed E-state index contributed by atoms with van der Waals surface area (Å²) in [5.41, 5.74) is 4.70. The summed E-state index contributed by atoms with van der Waals surface area (Å²) >= 11 is 0. The van der Waals surface area contributed by atoms with Gasteiger partial charge < -0.3 is 5.32 Å². The van der Waals surface area contributed by atoms with Gasteiger partial charge in [-0.3, -0.25) is 4.79 Å². The monoisotopic (exact) mass is 361 g/mol. The van der Waals surface area contributed by atoms with Crippen LogP contribution in [0.5, 0.6) is 0 Å². The van der Waals surface area contributed by atoms with Gasteiger partial charge in [0.1, 0.15) is 0 Å². The highest BCUT2D eigenvalue weighted by Crippen LogP contribution is 2.41. The van der Waals surface area contributed by atoms with Gasteiger partial charge in [0.05, 0.1) is 0 Å². The Hall–Kier alpha value is -1.93. The van der Waals surface area contributed by atoms with Crippen LogP contribution in [0.1, 0.15) is 73.0 Å². The third kappa shape index (κ3) is 4.68. The maximum Gasteiger partial charge on any atom is 0.167 e. The number of nitrogens with one attached hydrogen (secondary N) is 1. The third-order valence-electron chi connectivity index (χ3n) is 6.00. The lowest BCUT2D eigenvalue weighted by atomic mass is 9.86. The number of carbonyl (C=O) groups excluding carboxylic acids is 1. The Kier molecular flexibility index (Phi) is 4.94. The number of Topliss-reactive ketones (excluding diaryl/α,β-unsaturated/α-hetero) is 1. The summed E-state index contributed by atoms with van der Waals surface area (Å²) in [5, 5.41) is 3.70. The number of ketones is 1. The van der Waals surface area contributed by atoms with Crippen molar-refractivity contribution in [2.24, 2.45) is 5.92 Å². The zero-order valence-electron chi connectivity index (χ0n) is 16.8. The average Bonchev–Trinajstić information content (AvgIpc) is 3.54. The smallest absolute Gasteiger partial charge is 0.167 e. The number of hydrogen-bond acceptors (Lipinski definition) is 2. The first-order valence-electron chi connectivity index (χ1n) is 10.4. The van der Waals surface area contributed by atoms with Crippen LogP contribution in [-0.2, 0) is 11.8 Å². The molecule has 0 radical (unpaired) electrons. The largest absolute Gasteiger partial charge is 0.313 e. The summed E-state index contributed by atoms with van der Waals surface area (Å²) in [7, 11) is 0. The van der Waals surface area contributed by atoms with E-state index < -0.39 is 0 Å². The van der Waals surface area contributed by atoms with Crippen LogP contribution in [0.2, 0.25) is 0 Å². The van der Waals surface area contributed by atoms with Crippen LogP contribution >= 0.6 is 0 Å². The minimum atomic E-state index is 0.117. The molecule has 0 amide bonds. The highest BCUT2D eigenvalue weighted by molar-refractivity contribution is 5.97. The predicted molar refractivity (Wildman–Crippen MR) is 111 cm³/mol. The topological polar surface area (TPSA) is 29.1 Å². The molecule has 27 heavy (non-hydrogen) atoms. The fourth-order valence-electron chi connectivity index (χ4n) is 3.76. The molecule has 142 valence electrons. The normalized spacial score (nSPS) is 21.9. The van der Waals surface area contributed by atoms with Crippen molar-refractivity contribution in [3.05, 3.63) is 70.8 Å². The number of carbonyl (C=O) groups is 1. The van der Waals surface area contributed by atoms with Crippen molar-refractivity contribution in [1.29, 1.82) is 0 Å². The van der Waals surface area contributed by atoms with Crippen LogP contribution in [0, 0.1) is 5.92 Å². The SMILES string of the molecule is CC(C)(C)c1ccc(C(=O)Cc2ccc(C3CC3NCC3CC3)cc2)cc1. The van der Waals surface area contributed by atoms with E-state index in [1.54, 1.807) is 0 Å². The summed E-state index contributed by atoms with van der Waals surface area (Å²) < 4.78 is 0. The van der Waals surface area contributed by atoms with Crippen molar-refractivity contribution in [3.63, 3.8) is 0 Å². The van der Waals surface area contributed by atoms with Gasteiger partial charge in [-0.15, -0.1) is 0 Å². The molecule has 0 spiro atoms. The van der Waals surface area contributed by atoms with Crippen molar-refractivity contribution in [3.8, 4) is 0 Å². The molecule has 2 aliphatic carbocycles. The molecule has 2 fully saturated rings. The molecule has 2 nitrogen and oxygen atoms in total. The van der Waals surface area contributed by atoms with E-state index >= 15 is 0 Å². The van der Waals surface area contributed by atoms with Crippen molar-refractivity contribution in [1.82, 2.24) is 5.32 Å². The van der Waals surface area contributed by atoms with E-state index in [0.717, 1.165) is 17.0 Å². The molecule has 0 bridgehead atoms. The van der Waals surface area contributed by atoms with E-state index in [-0.39, 0.29) is 11.2 Å². The van der Waals surface area contributed by atoms with Crippen LogP contribution in [0.3, 0.4) is 0 Å². The third-order valence-corrected chi connectivity index (χ3v) is 6.00. The molecule has 2 aliphatic rings. The zero-order chi connectivity index (χ0) is 19.0. The van der Waals surface area contributed by atoms with E-state index in [4.69, 9.17) is 0 Å². The van der Waals surface area contributed by atoms with Crippen LogP contribution in [0.25, 0.3) is 0 Å². The van der Waals surface area contributed by atoms with Crippen LogP contribution in [0.15, 0.2) is 48.5 Å². The molecule has 2 unspecified atom stereocenters. The Morgan fingerprint density at radius 1 is 1.00 bits per heavy atom. The highest BCUT2D eigenvalue weighted by atomic mass is 16.1. The van der Waals surface area contributed by atoms with Crippen molar-refractivity contribution >= 4 is 5.78 Å². The second kappa shape index (κ2) is 7.24. The number of benzene rings is 2. The fourth-order valence-corrected chi connectivity index (χ4v) is 3.76. The van der Waals surface area contributed by atoms with Gasteiger partial charge >= 0.3 is 0 Å². The first-order chi connectivity index (χ1) is 12.9. The molecule has 0 saturated heterocycles. The Morgan fingerprint density at radius 2 is 1.67 bits per heavy atom. The quantitative estimate of drug-likeness (QED) is 0.681. The summed E-state index contributed by atoms with van der Waals surface area (Å²) in [5.74, 6) is 1.80. The van der Waals surface area contributed by atoms with Crippen LogP contribution < -0.4 is 5.32 Å². The number of rotatable bonds is 7. The molecule has 1 N–H and O–H groups in total. The lowest BCUT2D eigenvalue weighted by Crippen LogP contribution is -2.20. The average molecular weight is 362 g/mol. The van der Waals surface area contributed by atoms with Crippen LogP contribution in [-0.4, -0.2) is 18.4 Å². The Morgan fingerprint density at radius 3 is 2.26 bits per heavy atom. The standard InChI is InChI=1S/C25H31NO/c1-25(2,3)21-12-10-20(11-13-21)24(27)14-17-6-8-19(9-7-17)22-15-23(22)26-16-18-4-5-18/h6-13,18,22-23,26H,4-5,14-16H2,1-3H3. The van der Waals surface area contributed by atoms with Gasteiger partial charge in [0.2, 0.25) is 0 Å². The molecule has 0 aliphatic heterocycles. The van der Waals surface area contributed by atoms with Crippen molar-refractivity contribution in [2.45, 2.75) is 63.8 Å². The van der Waals surface area contributed by atoms with Gasteiger partial charge in [0, 0.05) is 23.9 Å². The fraction of sp³-hybridized carbons (Fsp3) is 0.480. The molecule has 0 aromatic heterocycles. The molecule has 2 saturated carbocycles. The molecular formula is C25H31NO. The van der Waals surface area contributed by atoms with Crippen molar-refractivity contribution in [2.75, 3.05) is 6.54 Å². The maximum absolute atomic E-state index is 12.6. The second-order valence-electron chi connectivity index (χ2n) is 9.47. The molecule has 4 rings (SSSR count). The molecular weight excluding hydrogens is 330 g/mol. The Bertz CT molecular complexity index is 794. The van der Waals surface area contributed by atoms with Gasteiger partial charge in [0.25, 0.3) is 0 Å². The van der Waals surface area contributed by atoms with E-state index in [1.165, 1.54) is 36.9 Å². The van der Waals surface area contributed by atoms with E-state index in [1.807, 2.05) is 12.1 Å². The second-order valence-corrected chi connectivity index (χ2v) is 9.47. The lowest BCUT2D eigenvalue weighted by molar-refractivity contribution is 0.0993. The van der Waals surface area contributed by atoms with Crippen LogP contribution in [0.4, 0.5) is 0 Å². The van der Waals surface area contributed by atoms with E-state index in [0.29, 0.717) is 18.4 Å². The molecule has 2 aromatic carbocycles. The molecule has 2 heteroatoms. The first kappa shape index (κ1) is 18.4. The molecule has 2 aromatic rings. The first-order valence-corrected chi connectivity index (χ1v) is 10.4. The molecule has 0 heterocycles. The van der Waals surface area contributed by atoms with Gasteiger partial charge in [-0.25, -0.2) is 0 Å². The van der Waals surface area contributed by atoms with Crippen molar-refractivity contribution < 1.29 is 4.79 Å².